The Kier molecular flexibility index (Phi) is 5.95. The van der Waals surface area contributed by atoms with Gasteiger partial charge in [-0.25, -0.2) is 4.98 Å². The van der Waals surface area contributed by atoms with Crippen LogP contribution < -0.4 is 10.2 Å². The number of hydrogen-bond donors (Lipinski definition) is 1. The van der Waals surface area contributed by atoms with Crippen molar-refractivity contribution in [2.75, 3.05) is 36.4 Å². The van der Waals surface area contributed by atoms with E-state index in [1.165, 1.54) is 6.42 Å². The van der Waals surface area contributed by atoms with Crippen LogP contribution >= 0.6 is 11.6 Å². The predicted molar refractivity (Wildman–Crippen MR) is 112 cm³/mol. The van der Waals surface area contributed by atoms with Gasteiger partial charge < -0.3 is 15.1 Å². The maximum Gasteiger partial charge on any atom is 0.227 e. The first-order valence-corrected chi connectivity index (χ1v) is 10.5. The molecule has 6 nitrogen and oxygen atoms in total. The highest BCUT2D eigenvalue weighted by Gasteiger charge is 2.30. The van der Waals surface area contributed by atoms with E-state index in [-0.39, 0.29) is 5.92 Å². The summed E-state index contributed by atoms with van der Waals surface area (Å²) in [5.41, 5.74) is 0.819. The molecular weight excluding hydrogens is 374 g/mol. The van der Waals surface area contributed by atoms with E-state index >= 15 is 0 Å². The number of aromatic nitrogens is 2. The minimum atomic E-state index is 0.138. The highest BCUT2D eigenvalue weighted by Crippen LogP contribution is 2.27. The Hall–Kier alpha value is -2.34. The van der Waals surface area contributed by atoms with E-state index in [9.17, 15) is 4.79 Å². The van der Waals surface area contributed by atoms with Crippen LogP contribution in [0.5, 0.6) is 0 Å². The summed E-state index contributed by atoms with van der Waals surface area (Å²) in [7, 11) is 0. The van der Waals surface area contributed by atoms with E-state index in [1.54, 1.807) is 6.20 Å². The van der Waals surface area contributed by atoms with Crippen molar-refractivity contribution < 1.29 is 4.79 Å². The zero-order valence-corrected chi connectivity index (χ0v) is 16.7. The minimum absolute atomic E-state index is 0.138. The van der Waals surface area contributed by atoms with Crippen LogP contribution in [-0.2, 0) is 4.79 Å². The number of likely N-dealkylation sites (tertiary alicyclic amines) is 1. The molecule has 3 heterocycles. The largest absolute Gasteiger partial charge is 0.342 e. The smallest absolute Gasteiger partial charge is 0.227 e. The highest BCUT2D eigenvalue weighted by atomic mass is 35.5. The maximum absolute atomic E-state index is 12.7. The molecule has 0 saturated carbocycles. The van der Waals surface area contributed by atoms with E-state index in [1.807, 2.05) is 30.3 Å². The monoisotopic (exact) mass is 399 g/mol. The molecule has 1 amide bonds. The van der Waals surface area contributed by atoms with Crippen molar-refractivity contribution in [1.29, 1.82) is 0 Å². The molecule has 1 N–H and O–H groups in total. The number of nitrogens with one attached hydrogen (secondary N) is 1. The Bertz CT molecular complexity index is 816. The molecule has 2 aromatic rings. The fourth-order valence-corrected chi connectivity index (χ4v) is 4.15. The lowest BCUT2D eigenvalue weighted by atomic mass is 9.94. The fourth-order valence-electron chi connectivity index (χ4n) is 3.97. The second-order valence-corrected chi connectivity index (χ2v) is 7.90. The molecule has 0 bridgehead atoms. The third kappa shape index (κ3) is 4.38. The van der Waals surface area contributed by atoms with Crippen LogP contribution in [0.1, 0.15) is 32.1 Å². The van der Waals surface area contributed by atoms with Crippen molar-refractivity contribution in [1.82, 2.24) is 14.9 Å². The SMILES string of the molecule is O=C(C1CCN(c2nccc(Nc3ccccc3Cl)n2)CC1)N1CCCCC1. The zero-order chi connectivity index (χ0) is 19.3. The lowest BCUT2D eigenvalue weighted by molar-refractivity contribution is -0.137. The fraction of sp³-hybridized carbons (Fsp3) is 0.476. The van der Waals surface area contributed by atoms with Gasteiger partial charge in [0.25, 0.3) is 0 Å². The summed E-state index contributed by atoms with van der Waals surface area (Å²) in [4.78, 5) is 26.0. The van der Waals surface area contributed by atoms with Gasteiger partial charge in [0, 0.05) is 38.3 Å². The summed E-state index contributed by atoms with van der Waals surface area (Å²) < 4.78 is 0. The molecule has 7 heteroatoms. The first kappa shape index (κ1) is 19.0. The summed E-state index contributed by atoms with van der Waals surface area (Å²) in [5.74, 6) is 1.89. The van der Waals surface area contributed by atoms with Crippen molar-refractivity contribution in [3.8, 4) is 0 Å². The summed E-state index contributed by atoms with van der Waals surface area (Å²) >= 11 is 6.22. The lowest BCUT2D eigenvalue weighted by Gasteiger charge is -2.35. The van der Waals surface area contributed by atoms with Crippen molar-refractivity contribution in [3.63, 3.8) is 0 Å². The molecule has 4 rings (SSSR count). The number of piperidine rings is 2. The molecular formula is C21H26ClN5O. The minimum Gasteiger partial charge on any atom is -0.342 e. The average Bonchev–Trinajstić information content (AvgIpc) is 2.76. The third-order valence-electron chi connectivity index (χ3n) is 5.57. The predicted octanol–water partition coefficient (Wildman–Crippen LogP) is 4.10. The third-order valence-corrected chi connectivity index (χ3v) is 5.90. The Balaban J connectivity index is 1.37. The first-order chi connectivity index (χ1) is 13.7. The molecule has 2 saturated heterocycles. The molecule has 0 atom stereocenters. The molecule has 28 heavy (non-hydrogen) atoms. The van der Waals surface area contributed by atoms with Crippen molar-refractivity contribution >= 4 is 35.0 Å². The molecule has 0 aliphatic carbocycles. The normalized spacial score (nSPS) is 18.2. The molecule has 0 spiro atoms. The van der Waals surface area contributed by atoms with Gasteiger partial charge in [-0.2, -0.15) is 4.98 Å². The number of hydrogen-bond acceptors (Lipinski definition) is 5. The van der Waals surface area contributed by atoms with Gasteiger partial charge in [0.15, 0.2) is 0 Å². The topological polar surface area (TPSA) is 61.4 Å². The number of nitrogens with zero attached hydrogens (tertiary/aromatic N) is 4. The second kappa shape index (κ2) is 8.78. The van der Waals surface area contributed by atoms with Gasteiger partial charge in [-0.05, 0) is 50.3 Å². The number of amides is 1. The van der Waals surface area contributed by atoms with Gasteiger partial charge in [-0.15, -0.1) is 0 Å². The van der Waals surface area contributed by atoms with E-state index in [0.717, 1.165) is 57.5 Å². The van der Waals surface area contributed by atoms with Crippen LogP contribution in [0.15, 0.2) is 36.5 Å². The number of halogens is 1. The summed E-state index contributed by atoms with van der Waals surface area (Å²) in [6.07, 6.45) is 7.01. The van der Waals surface area contributed by atoms with Gasteiger partial charge in [0.1, 0.15) is 5.82 Å². The maximum atomic E-state index is 12.7. The number of benzene rings is 1. The van der Waals surface area contributed by atoms with Gasteiger partial charge in [-0.1, -0.05) is 23.7 Å². The molecule has 1 aromatic heterocycles. The summed E-state index contributed by atoms with van der Waals surface area (Å²) in [5, 5.41) is 3.90. The quantitative estimate of drug-likeness (QED) is 0.838. The van der Waals surface area contributed by atoms with Gasteiger partial charge in [0.05, 0.1) is 10.7 Å². The summed E-state index contributed by atoms with van der Waals surface area (Å²) in [6.45, 7) is 3.47. The van der Waals surface area contributed by atoms with Crippen LogP contribution in [0.2, 0.25) is 5.02 Å². The molecule has 0 radical (unpaired) electrons. The Labute approximate surface area is 170 Å². The molecule has 148 valence electrons. The zero-order valence-electron chi connectivity index (χ0n) is 16.0. The van der Waals surface area contributed by atoms with Gasteiger partial charge in [-0.3, -0.25) is 4.79 Å². The molecule has 2 fully saturated rings. The van der Waals surface area contributed by atoms with Crippen molar-refractivity contribution in [2.24, 2.45) is 5.92 Å². The number of carbonyl (C=O) groups excluding carboxylic acids is 1. The van der Waals surface area contributed by atoms with Crippen molar-refractivity contribution in [3.05, 3.63) is 41.6 Å². The van der Waals surface area contributed by atoms with Crippen molar-refractivity contribution in [2.45, 2.75) is 32.1 Å². The molecule has 2 aliphatic heterocycles. The van der Waals surface area contributed by atoms with Crippen LogP contribution in [0.25, 0.3) is 0 Å². The van der Waals surface area contributed by atoms with Crippen LogP contribution in [0, 0.1) is 5.92 Å². The number of carbonyl (C=O) groups is 1. The van der Waals surface area contributed by atoms with Gasteiger partial charge >= 0.3 is 0 Å². The number of anilines is 3. The number of para-hydroxylation sites is 1. The molecule has 1 aromatic carbocycles. The highest BCUT2D eigenvalue weighted by molar-refractivity contribution is 6.33. The summed E-state index contributed by atoms with van der Waals surface area (Å²) in [6, 6.07) is 9.42. The molecule has 0 unspecified atom stereocenters. The standard InChI is InChI=1S/C21H26ClN5O/c22-17-6-2-3-7-18(17)24-19-8-11-23-21(25-19)27-14-9-16(10-15-27)20(28)26-12-4-1-5-13-26/h2-3,6-8,11,16H,1,4-5,9-10,12-15H2,(H,23,24,25). The van der Waals surface area contributed by atoms with Crippen LogP contribution in [0.3, 0.4) is 0 Å². The Morgan fingerprint density at radius 2 is 1.79 bits per heavy atom. The first-order valence-electron chi connectivity index (χ1n) is 10.1. The second-order valence-electron chi connectivity index (χ2n) is 7.49. The lowest BCUT2D eigenvalue weighted by Crippen LogP contribution is -2.44. The average molecular weight is 400 g/mol. The Morgan fingerprint density at radius 1 is 1.04 bits per heavy atom. The molecule has 2 aliphatic rings. The number of rotatable bonds is 4. The van der Waals surface area contributed by atoms with Crippen LogP contribution in [0.4, 0.5) is 17.5 Å². The van der Waals surface area contributed by atoms with Gasteiger partial charge in [0.2, 0.25) is 11.9 Å². The van der Waals surface area contributed by atoms with E-state index in [4.69, 9.17) is 11.6 Å². The van der Waals surface area contributed by atoms with E-state index in [2.05, 4.69) is 25.1 Å². The van der Waals surface area contributed by atoms with E-state index < -0.39 is 0 Å². The Morgan fingerprint density at radius 3 is 2.54 bits per heavy atom. The van der Waals surface area contributed by atoms with Crippen LogP contribution in [-0.4, -0.2) is 47.0 Å². The van der Waals surface area contributed by atoms with E-state index in [0.29, 0.717) is 22.7 Å².